The highest BCUT2D eigenvalue weighted by atomic mass is 79.9. The molecule has 3 heteroatoms. The second-order valence-electron chi connectivity index (χ2n) is 5.20. The van der Waals surface area contributed by atoms with Gasteiger partial charge in [-0.15, -0.1) is 11.3 Å². The summed E-state index contributed by atoms with van der Waals surface area (Å²) >= 11 is 5.24. The highest BCUT2D eigenvalue weighted by Gasteiger charge is 2.54. The summed E-state index contributed by atoms with van der Waals surface area (Å²) in [4.78, 5) is 1.27. The van der Waals surface area contributed by atoms with Crippen LogP contribution in [0.3, 0.4) is 0 Å². The van der Waals surface area contributed by atoms with Gasteiger partial charge in [-0.05, 0) is 65.1 Å². The SMILES string of the molecule is Cc1sc(Br)cc1C(O)C1C2CCCCC21. The molecule has 2 saturated carbocycles. The highest BCUT2D eigenvalue weighted by Crippen LogP contribution is 2.60. The third-order valence-corrected chi connectivity index (χ3v) is 5.90. The molecule has 2 fully saturated rings. The third kappa shape index (κ3) is 1.77. The van der Waals surface area contributed by atoms with Crippen LogP contribution < -0.4 is 0 Å². The summed E-state index contributed by atoms with van der Waals surface area (Å²) in [7, 11) is 0. The van der Waals surface area contributed by atoms with Gasteiger partial charge >= 0.3 is 0 Å². The van der Waals surface area contributed by atoms with E-state index in [1.807, 2.05) is 0 Å². The lowest BCUT2D eigenvalue weighted by Gasteiger charge is -2.09. The molecule has 3 rings (SSSR count). The monoisotopic (exact) mass is 300 g/mol. The van der Waals surface area contributed by atoms with E-state index < -0.39 is 0 Å². The van der Waals surface area contributed by atoms with Crippen molar-refractivity contribution in [2.24, 2.45) is 17.8 Å². The van der Waals surface area contributed by atoms with Gasteiger partial charge in [0, 0.05) is 4.88 Å². The van der Waals surface area contributed by atoms with E-state index >= 15 is 0 Å². The fraction of sp³-hybridized carbons (Fsp3) is 0.692. The number of thiophene rings is 1. The van der Waals surface area contributed by atoms with Gasteiger partial charge in [0.2, 0.25) is 0 Å². The average Bonchev–Trinajstić information content (AvgIpc) is 2.89. The van der Waals surface area contributed by atoms with Crippen LogP contribution in [0, 0.1) is 24.7 Å². The van der Waals surface area contributed by atoms with Crippen LogP contribution >= 0.6 is 27.3 Å². The van der Waals surface area contributed by atoms with Gasteiger partial charge in [0.25, 0.3) is 0 Å². The molecule has 88 valence electrons. The molecule has 0 bridgehead atoms. The van der Waals surface area contributed by atoms with Crippen molar-refractivity contribution in [3.8, 4) is 0 Å². The number of aryl methyl sites for hydroxylation is 1. The number of hydrogen-bond donors (Lipinski definition) is 1. The Hall–Kier alpha value is 0.140. The van der Waals surface area contributed by atoms with Crippen molar-refractivity contribution >= 4 is 27.3 Å². The minimum absolute atomic E-state index is 0.212. The van der Waals surface area contributed by atoms with Crippen LogP contribution in [0.5, 0.6) is 0 Å². The van der Waals surface area contributed by atoms with E-state index in [0.717, 1.165) is 21.2 Å². The smallest absolute Gasteiger partial charge is 0.0834 e. The lowest BCUT2D eigenvalue weighted by Crippen LogP contribution is -2.02. The fourth-order valence-corrected chi connectivity index (χ4v) is 5.23. The predicted octanol–water partition coefficient (Wildman–Crippen LogP) is 4.29. The van der Waals surface area contributed by atoms with E-state index in [2.05, 4.69) is 28.9 Å². The molecule has 0 radical (unpaired) electrons. The summed E-state index contributed by atoms with van der Waals surface area (Å²) in [6, 6.07) is 2.11. The average molecular weight is 301 g/mol. The van der Waals surface area contributed by atoms with Crippen molar-refractivity contribution in [1.82, 2.24) is 0 Å². The van der Waals surface area contributed by atoms with Gasteiger partial charge in [0.1, 0.15) is 0 Å². The van der Waals surface area contributed by atoms with Crippen LogP contribution in [0.4, 0.5) is 0 Å². The first-order chi connectivity index (χ1) is 7.68. The molecule has 1 aromatic rings. The van der Waals surface area contributed by atoms with Crippen molar-refractivity contribution < 1.29 is 5.11 Å². The van der Waals surface area contributed by atoms with Gasteiger partial charge in [0.15, 0.2) is 0 Å². The summed E-state index contributed by atoms with van der Waals surface area (Å²) in [5.74, 6) is 2.20. The first-order valence-electron chi connectivity index (χ1n) is 6.12. The van der Waals surface area contributed by atoms with Gasteiger partial charge in [-0.2, -0.15) is 0 Å². The quantitative estimate of drug-likeness (QED) is 0.864. The fourth-order valence-electron chi connectivity index (χ4n) is 3.48. The number of fused-ring (bicyclic) bond motifs is 1. The Kier molecular flexibility index (Phi) is 2.89. The first kappa shape index (κ1) is 11.2. The molecule has 0 aromatic carbocycles. The summed E-state index contributed by atoms with van der Waals surface area (Å²) < 4.78 is 1.14. The molecule has 0 amide bonds. The summed E-state index contributed by atoms with van der Waals surface area (Å²) in [5, 5.41) is 10.5. The number of halogens is 1. The lowest BCUT2D eigenvalue weighted by molar-refractivity contribution is 0.142. The maximum atomic E-state index is 10.5. The van der Waals surface area contributed by atoms with Crippen molar-refractivity contribution in [2.75, 3.05) is 0 Å². The molecule has 2 aliphatic rings. The van der Waals surface area contributed by atoms with Gasteiger partial charge in [-0.25, -0.2) is 0 Å². The largest absolute Gasteiger partial charge is 0.388 e. The zero-order chi connectivity index (χ0) is 11.3. The number of aliphatic hydroxyl groups is 1. The molecule has 2 aliphatic carbocycles. The minimum Gasteiger partial charge on any atom is -0.388 e. The maximum absolute atomic E-state index is 10.5. The molecule has 0 aliphatic heterocycles. The number of aliphatic hydroxyl groups excluding tert-OH is 1. The molecule has 1 aromatic heterocycles. The van der Waals surface area contributed by atoms with E-state index in [0.29, 0.717) is 5.92 Å². The van der Waals surface area contributed by atoms with Crippen LogP contribution in [-0.4, -0.2) is 5.11 Å². The molecular formula is C13H17BrOS. The topological polar surface area (TPSA) is 20.2 Å². The molecule has 1 N–H and O–H groups in total. The molecule has 3 atom stereocenters. The molecule has 0 saturated heterocycles. The Labute approximate surface area is 109 Å². The van der Waals surface area contributed by atoms with Crippen LogP contribution in [0.15, 0.2) is 9.85 Å². The van der Waals surface area contributed by atoms with Gasteiger partial charge in [0.05, 0.1) is 9.89 Å². The Balaban J connectivity index is 1.78. The molecule has 16 heavy (non-hydrogen) atoms. The number of rotatable bonds is 2. The zero-order valence-electron chi connectivity index (χ0n) is 9.45. The summed E-state index contributed by atoms with van der Waals surface area (Å²) in [6.07, 6.45) is 5.22. The normalized spacial score (nSPS) is 34.6. The van der Waals surface area contributed by atoms with Crippen molar-refractivity contribution in [3.63, 3.8) is 0 Å². The van der Waals surface area contributed by atoms with Crippen LogP contribution in [0.25, 0.3) is 0 Å². The predicted molar refractivity (Wildman–Crippen MR) is 70.7 cm³/mol. The Morgan fingerprint density at radius 2 is 2.00 bits per heavy atom. The Morgan fingerprint density at radius 3 is 2.50 bits per heavy atom. The van der Waals surface area contributed by atoms with E-state index in [4.69, 9.17) is 0 Å². The summed E-state index contributed by atoms with van der Waals surface area (Å²) in [6.45, 7) is 2.11. The standard InChI is InChI=1S/C13H17BrOS/c1-7-10(6-11(14)16-7)13(15)12-8-4-2-3-5-9(8)12/h6,8-9,12-13,15H,2-5H2,1H3. The van der Waals surface area contributed by atoms with Gasteiger partial charge in [-0.3, -0.25) is 0 Å². The van der Waals surface area contributed by atoms with Gasteiger partial charge in [-0.1, -0.05) is 12.8 Å². The second kappa shape index (κ2) is 4.11. The van der Waals surface area contributed by atoms with Gasteiger partial charge < -0.3 is 5.11 Å². The van der Waals surface area contributed by atoms with E-state index in [1.165, 1.54) is 30.6 Å². The Bertz CT molecular complexity index is 389. The Morgan fingerprint density at radius 1 is 1.38 bits per heavy atom. The van der Waals surface area contributed by atoms with E-state index in [9.17, 15) is 5.11 Å². The zero-order valence-corrected chi connectivity index (χ0v) is 11.9. The molecule has 0 spiro atoms. The summed E-state index contributed by atoms with van der Waals surface area (Å²) in [5.41, 5.74) is 1.16. The number of hydrogen-bond acceptors (Lipinski definition) is 2. The third-order valence-electron chi connectivity index (χ3n) is 4.33. The molecule has 1 heterocycles. The highest BCUT2D eigenvalue weighted by molar-refractivity contribution is 9.11. The van der Waals surface area contributed by atoms with Crippen molar-refractivity contribution in [3.05, 3.63) is 20.3 Å². The van der Waals surface area contributed by atoms with E-state index in [1.54, 1.807) is 11.3 Å². The first-order valence-corrected chi connectivity index (χ1v) is 7.73. The minimum atomic E-state index is -0.212. The van der Waals surface area contributed by atoms with Crippen molar-refractivity contribution in [2.45, 2.75) is 38.7 Å². The molecular weight excluding hydrogens is 284 g/mol. The van der Waals surface area contributed by atoms with Crippen LogP contribution in [-0.2, 0) is 0 Å². The lowest BCUT2D eigenvalue weighted by atomic mass is 10.0. The van der Waals surface area contributed by atoms with Crippen molar-refractivity contribution in [1.29, 1.82) is 0 Å². The second-order valence-corrected chi connectivity index (χ2v) is 7.83. The van der Waals surface area contributed by atoms with E-state index in [-0.39, 0.29) is 6.10 Å². The maximum Gasteiger partial charge on any atom is 0.0834 e. The molecule has 1 nitrogen and oxygen atoms in total. The molecule has 3 unspecified atom stereocenters. The van der Waals surface area contributed by atoms with Crippen LogP contribution in [0.2, 0.25) is 0 Å². The van der Waals surface area contributed by atoms with Crippen LogP contribution in [0.1, 0.15) is 42.2 Å².